The maximum absolute atomic E-state index is 14.0. The summed E-state index contributed by atoms with van der Waals surface area (Å²) in [7, 11) is 0. The number of rotatable bonds is 4. The highest BCUT2D eigenvalue weighted by atomic mass is 35.5. The molecule has 1 unspecified atom stereocenters. The molecule has 7 heteroatoms. The number of nitrogens with one attached hydrogen (secondary N) is 2. The topological polar surface area (TPSA) is 57.8 Å². The van der Waals surface area contributed by atoms with Gasteiger partial charge in [-0.3, -0.25) is 4.79 Å². The SMILES string of the molecule is CC(=O)Nc1ccc(-c2cnc3[nH]cc(C(C)c4c(Cl)ccc(F)c4Cl)c3c2)cc1. The van der Waals surface area contributed by atoms with Crippen molar-refractivity contribution in [3.05, 3.63) is 81.8 Å². The summed E-state index contributed by atoms with van der Waals surface area (Å²) in [6, 6.07) is 12.3. The largest absolute Gasteiger partial charge is 0.346 e. The van der Waals surface area contributed by atoms with Gasteiger partial charge >= 0.3 is 0 Å². The Bertz CT molecular complexity index is 1250. The van der Waals surface area contributed by atoms with Crippen molar-refractivity contribution in [2.45, 2.75) is 19.8 Å². The van der Waals surface area contributed by atoms with E-state index in [1.807, 2.05) is 43.5 Å². The second kappa shape index (κ2) is 8.09. The average molecular weight is 442 g/mol. The summed E-state index contributed by atoms with van der Waals surface area (Å²) in [5.41, 5.74) is 4.79. The summed E-state index contributed by atoms with van der Waals surface area (Å²) in [4.78, 5) is 18.9. The molecule has 4 rings (SSSR count). The number of fused-ring (bicyclic) bond motifs is 1. The van der Waals surface area contributed by atoms with Crippen LogP contribution in [0.3, 0.4) is 0 Å². The summed E-state index contributed by atoms with van der Waals surface area (Å²) in [6.07, 6.45) is 3.63. The second-order valence-corrected chi connectivity index (χ2v) is 7.89. The van der Waals surface area contributed by atoms with Gasteiger partial charge in [-0.05, 0) is 47.0 Å². The number of carbonyl (C=O) groups is 1. The number of carbonyl (C=O) groups excluding carboxylic acids is 1. The smallest absolute Gasteiger partial charge is 0.221 e. The number of H-pyrrole nitrogens is 1. The number of benzene rings is 2. The number of halogens is 3. The van der Waals surface area contributed by atoms with E-state index in [2.05, 4.69) is 15.3 Å². The molecule has 1 atom stereocenters. The van der Waals surface area contributed by atoms with Gasteiger partial charge in [0.05, 0.1) is 5.02 Å². The van der Waals surface area contributed by atoms with Crippen LogP contribution in [-0.4, -0.2) is 15.9 Å². The number of aromatic nitrogens is 2. The van der Waals surface area contributed by atoms with E-state index in [-0.39, 0.29) is 16.8 Å². The Labute approximate surface area is 183 Å². The average Bonchev–Trinajstić information content (AvgIpc) is 3.14. The van der Waals surface area contributed by atoms with Crippen molar-refractivity contribution in [2.24, 2.45) is 0 Å². The van der Waals surface area contributed by atoms with E-state index in [1.165, 1.54) is 19.1 Å². The van der Waals surface area contributed by atoms with E-state index in [4.69, 9.17) is 23.2 Å². The minimum Gasteiger partial charge on any atom is -0.346 e. The zero-order valence-corrected chi connectivity index (χ0v) is 17.8. The third-order valence-electron chi connectivity index (χ3n) is 5.08. The minimum absolute atomic E-state index is 0.0297. The molecule has 2 heterocycles. The molecule has 2 N–H and O–H groups in total. The number of hydrogen-bond donors (Lipinski definition) is 2. The molecule has 4 nitrogen and oxygen atoms in total. The van der Waals surface area contributed by atoms with Crippen LogP contribution in [-0.2, 0) is 4.79 Å². The summed E-state index contributed by atoms with van der Waals surface area (Å²) in [5, 5.41) is 4.10. The summed E-state index contributed by atoms with van der Waals surface area (Å²) in [6.45, 7) is 3.40. The van der Waals surface area contributed by atoms with Gasteiger partial charge in [0.15, 0.2) is 0 Å². The molecule has 0 bridgehead atoms. The molecule has 4 aromatic rings. The van der Waals surface area contributed by atoms with E-state index < -0.39 is 5.82 Å². The fourth-order valence-corrected chi connectivity index (χ4v) is 4.28. The summed E-state index contributed by atoms with van der Waals surface area (Å²) >= 11 is 12.6. The van der Waals surface area contributed by atoms with E-state index >= 15 is 0 Å². The highest BCUT2D eigenvalue weighted by Crippen LogP contribution is 2.39. The third-order valence-corrected chi connectivity index (χ3v) is 5.79. The van der Waals surface area contributed by atoms with Gasteiger partial charge in [-0.2, -0.15) is 0 Å². The van der Waals surface area contributed by atoms with Crippen LogP contribution in [0.5, 0.6) is 0 Å². The Hall–Kier alpha value is -2.89. The number of hydrogen-bond acceptors (Lipinski definition) is 2. The molecular weight excluding hydrogens is 424 g/mol. The van der Waals surface area contributed by atoms with Gasteiger partial charge in [0.1, 0.15) is 11.5 Å². The van der Waals surface area contributed by atoms with Crippen molar-refractivity contribution in [1.82, 2.24) is 9.97 Å². The lowest BCUT2D eigenvalue weighted by atomic mass is 9.92. The van der Waals surface area contributed by atoms with Crippen LogP contribution in [0.15, 0.2) is 54.9 Å². The molecule has 0 saturated carbocycles. The standard InChI is InChI=1S/C23H18Cl2FN3O/c1-12(21-19(24)7-8-20(26)22(21)25)18-11-28-23-17(18)9-15(10-27-23)14-3-5-16(6-4-14)29-13(2)30/h3-12H,1-2H3,(H,27,28)(H,29,30). The van der Waals surface area contributed by atoms with E-state index in [0.717, 1.165) is 33.4 Å². The molecule has 0 saturated heterocycles. The molecule has 0 spiro atoms. The third kappa shape index (κ3) is 3.78. The monoisotopic (exact) mass is 441 g/mol. The van der Waals surface area contributed by atoms with Crippen LogP contribution in [0.25, 0.3) is 22.2 Å². The maximum Gasteiger partial charge on any atom is 0.221 e. The predicted octanol–water partition coefficient (Wildman–Crippen LogP) is 6.79. The molecule has 1 amide bonds. The fourth-order valence-electron chi connectivity index (χ4n) is 3.58. The van der Waals surface area contributed by atoms with Crippen LogP contribution in [0.4, 0.5) is 10.1 Å². The van der Waals surface area contributed by atoms with Crippen LogP contribution >= 0.6 is 23.2 Å². The van der Waals surface area contributed by atoms with Gasteiger partial charge in [-0.1, -0.05) is 42.3 Å². The first-order chi connectivity index (χ1) is 14.3. The van der Waals surface area contributed by atoms with E-state index in [1.54, 1.807) is 6.20 Å². The van der Waals surface area contributed by atoms with E-state index in [0.29, 0.717) is 10.6 Å². The second-order valence-electron chi connectivity index (χ2n) is 7.10. The summed E-state index contributed by atoms with van der Waals surface area (Å²) in [5.74, 6) is -0.860. The molecule has 152 valence electrons. The molecular formula is C23H18Cl2FN3O. The van der Waals surface area contributed by atoms with E-state index in [9.17, 15) is 9.18 Å². The van der Waals surface area contributed by atoms with Crippen molar-refractivity contribution in [3.63, 3.8) is 0 Å². The molecule has 0 aliphatic rings. The highest BCUT2D eigenvalue weighted by Gasteiger charge is 2.21. The van der Waals surface area contributed by atoms with Crippen LogP contribution in [0.1, 0.15) is 30.9 Å². The van der Waals surface area contributed by atoms with Crippen LogP contribution < -0.4 is 5.32 Å². The van der Waals surface area contributed by atoms with Crippen LogP contribution in [0, 0.1) is 5.82 Å². The minimum atomic E-state index is -0.499. The summed E-state index contributed by atoms with van der Waals surface area (Å²) < 4.78 is 14.0. The molecule has 0 aliphatic carbocycles. The molecule has 2 aromatic heterocycles. The Morgan fingerprint density at radius 3 is 2.57 bits per heavy atom. The van der Waals surface area contributed by atoms with Crippen molar-refractivity contribution >= 4 is 45.8 Å². The number of amides is 1. The molecule has 0 radical (unpaired) electrons. The quantitative estimate of drug-likeness (QED) is 0.342. The van der Waals surface area contributed by atoms with Crippen molar-refractivity contribution in [3.8, 4) is 11.1 Å². The van der Waals surface area contributed by atoms with Gasteiger partial charge in [-0.25, -0.2) is 9.37 Å². The lowest BCUT2D eigenvalue weighted by Gasteiger charge is -2.16. The van der Waals surface area contributed by atoms with Gasteiger partial charge in [0, 0.05) is 46.9 Å². The first-order valence-electron chi connectivity index (χ1n) is 9.33. The van der Waals surface area contributed by atoms with Crippen LogP contribution in [0.2, 0.25) is 10.0 Å². The van der Waals surface area contributed by atoms with Gasteiger partial charge < -0.3 is 10.3 Å². The first kappa shape index (κ1) is 20.4. The molecule has 30 heavy (non-hydrogen) atoms. The maximum atomic E-state index is 14.0. The van der Waals surface area contributed by atoms with Gasteiger partial charge in [0.2, 0.25) is 5.91 Å². The molecule has 0 aliphatic heterocycles. The van der Waals surface area contributed by atoms with Crippen molar-refractivity contribution in [1.29, 1.82) is 0 Å². The Morgan fingerprint density at radius 1 is 1.13 bits per heavy atom. The number of nitrogens with zero attached hydrogens (tertiary/aromatic N) is 1. The van der Waals surface area contributed by atoms with Crippen molar-refractivity contribution in [2.75, 3.05) is 5.32 Å². The van der Waals surface area contributed by atoms with Crippen molar-refractivity contribution < 1.29 is 9.18 Å². The Kier molecular flexibility index (Phi) is 5.50. The van der Waals surface area contributed by atoms with Gasteiger partial charge in [0.25, 0.3) is 0 Å². The first-order valence-corrected chi connectivity index (χ1v) is 10.1. The molecule has 0 fully saturated rings. The number of aromatic amines is 1. The Morgan fingerprint density at radius 2 is 1.87 bits per heavy atom. The van der Waals surface area contributed by atoms with Gasteiger partial charge in [-0.15, -0.1) is 0 Å². The number of anilines is 1. The lowest BCUT2D eigenvalue weighted by molar-refractivity contribution is -0.114. The predicted molar refractivity (Wildman–Crippen MR) is 120 cm³/mol. The zero-order chi connectivity index (χ0) is 21.4. The molecule has 2 aromatic carbocycles. The lowest BCUT2D eigenvalue weighted by Crippen LogP contribution is -2.05. The highest BCUT2D eigenvalue weighted by molar-refractivity contribution is 6.36. The number of pyridine rings is 1. The Balaban J connectivity index is 1.75. The zero-order valence-electron chi connectivity index (χ0n) is 16.3. The normalized spacial score (nSPS) is 12.2. The fraction of sp³-hybridized carbons (Fsp3) is 0.130.